The number of nitrogens with zero attached hydrogens (tertiary/aromatic N) is 1. The summed E-state index contributed by atoms with van der Waals surface area (Å²) in [5.74, 6) is 1.15. The summed E-state index contributed by atoms with van der Waals surface area (Å²) in [6.07, 6.45) is 6.54. The van der Waals surface area contributed by atoms with E-state index in [4.69, 9.17) is 16.3 Å². The molecule has 0 unspecified atom stereocenters. The van der Waals surface area contributed by atoms with Gasteiger partial charge >= 0.3 is 0 Å². The SMILES string of the molecule is O=C(COc1ccc(C2CCCCC2)cc1)Nc1nc2ccc(Cl)cc2s1. The normalized spacial score (nSPS) is 15.0. The van der Waals surface area contributed by atoms with Gasteiger partial charge in [0.15, 0.2) is 11.7 Å². The quantitative estimate of drug-likeness (QED) is 0.570. The van der Waals surface area contributed by atoms with E-state index in [-0.39, 0.29) is 12.5 Å². The van der Waals surface area contributed by atoms with Gasteiger partial charge in [-0.15, -0.1) is 0 Å². The number of hydrogen-bond donors (Lipinski definition) is 1. The number of ether oxygens (including phenoxy) is 1. The molecule has 4 nitrogen and oxygen atoms in total. The number of carbonyl (C=O) groups is 1. The van der Waals surface area contributed by atoms with E-state index in [1.165, 1.54) is 49.0 Å². The molecular formula is C21H21ClN2O2S. The first-order valence-corrected chi connectivity index (χ1v) is 10.5. The lowest BCUT2D eigenvalue weighted by Crippen LogP contribution is -2.20. The van der Waals surface area contributed by atoms with E-state index in [2.05, 4.69) is 22.4 Å². The lowest BCUT2D eigenvalue weighted by molar-refractivity contribution is -0.118. The topological polar surface area (TPSA) is 51.2 Å². The minimum Gasteiger partial charge on any atom is -0.484 e. The zero-order valence-electron chi connectivity index (χ0n) is 14.9. The van der Waals surface area contributed by atoms with Crippen molar-refractivity contribution in [3.05, 3.63) is 53.1 Å². The van der Waals surface area contributed by atoms with Crippen molar-refractivity contribution in [2.75, 3.05) is 11.9 Å². The Labute approximate surface area is 167 Å². The van der Waals surface area contributed by atoms with Gasteiger partial charge in [0, 0.05) is 5.02 Å². The number of amides is 1. The van der Waals surface area contributed by atoms with Gasteiger partial charge in [-0.1, -0.05) is 54.3 Å². The van der Waals surface area contributed by atoms with Gasteiger partial charge < -0.3 is 4.74 Å². The molecule has 0 bridgehead atoms. The van der Waals surface area contributed by atoms with E-state index in [0.717, 1.165) is 10.2 Å². The van der Waals surface area contributed by atoms with Crippen LogP contribution in [0.5, 0.6) is 5.75 Å². The van der Waals surface area contributed by atoms with E-state index in [1.807, 2.05) is 24.3 Å². The number of hydrogen-bond acceptors (Lipinski definition) is 4. The van der Waals surface area contributed by atoms with Gasteiger partial charge in [0.05, 0.1) is 10.2 Å². The molecule has 1 aromatic heterocycles. The highest BCUT2D eigenvalue weighted by molar-refractivity contribution is 7.22. The summed E-state index contributed by atoms with van der Waals surface area (Å²) in [6.45, 7) is -0.0422. The number of rotatable bonds is 5. The number of thiazole rings is 1. The van der Waals surface area contributed by atoms with Crippen molar-refractivity contribution in [1.82, 2.24) is 4.98 Å². The van der Waals surface area contributed by atoms with Crippen LogP contribution < -0.4 is 10.1 Å². The Morgan fingerprint density at radius 1 is 1.15 bits per heavy atom. The number of aromatic nitrogens is 1. The van der Waals surface area contributed by atoms with E-state index < -0.39 is 0 Å². The molecule has 4 rings (SSSR count). The molecule has 6 heteroatoms. The van der Waals surface area contributed by atoms with Gasteiger partial charge in [0.25, 0.3) is 5.91 Å². The molecule has 0 saturated heterocycles. The lowest BCUT2D eigenvalue weighted by Gasteiger charge is -2.22. The summed E-state index contributed by atoms with van der Waals surface area (Å²) >= 11 is 7.38. The third kappa shape index (κ3) is 4.60. The average Bonchev–Trinajstić information content (AvgIpc) is 3.08. The predicted octanol–water partition coefficient (Wildman–Crippen LogP) is 6.01. The first-order valence-electron chi connectivity index (χ1n) is 9.26. The van der Waals surface area contributed by atoms with E-state index in [9.17, 15) is 4.79 Å². The second-order valence-corrected chi connectivity index (χ2v) is 8.34. The number of halogens is 1. The Morgan fingerprint density at radius 3 is 2.70 bits per heavy atom. The molecule has 1 amide bonds. The highest BCUT2D eigenvalue weighted by atomic mass is 35.5. The zero-order chi connectivity index (χ0) is 18.6. The second kappa shape index (κ2) is 8.28. The molecule has 1 saturated carbocycles. The maximum absolute atomic E-state index is 12.1. The highest BCUT2D eigenvalue weighted by Crippen LogP contribution is 2.33. The van der Waals surface area contributed by atoms with Crippen molar-refractivity contribution in [2.45, 2.75) is 38.0 Å². The van der Waals surface area contributed by atoms with Gasteiger partial charge in [0.1, 0.15) is 5.75 Å². The third-order valence-corrected chi connectivity index (χ3v) is 6.09. The van der Waals surface area contributed by atoms with Gasteiger partial charge in [-0.2, -0.15) is 0 Å². The third-order valence-electron chi connectivity index (χ3n) is 4.92. The van der Waals surface area contributed by atoms with Crippen LogP contribution in [-0.2, 0) is 4.79 Å². The van der Waals surface area contributed by atoms with Crippen LogP contribution in [0.25, 0.3) is 10.2 Å². The Bertz CT molecular complexity index is 933. The molecule has 0 atom stereocenters. The fraction of sp³-hybridized carbons (Fsp3) is 0.333. The van der Waals surface area contributed by atoms with Crippen molar-refractivity contribution in [2.24, 2.45) is 0 Å². The number of carbonyl (C=O) groups excluding carboxylic acids is 1. The Balaban J connectivity index is 1.31. The van der Waals surface area contributed by atoms with Gasteiger partial charge in [0.2, 0.25) is 0 Å². The molecule has 1 aliphatic carbocycles. The van der Waals surface area contributed by atoms with Crippen molar-refractivity contribution in [3.8, 4) is 5.75 Å². The molecule has 1 aliphatic rings. The van der Waals surface area contributed by atoms with Gasteiger partial charge in [-0.25, -0.2) is 4.98 Å². The standard InChI is InChI=1S/C21H21ClN2O2S/c22-16-8-11-18-19(12-16)27-21(23-18)24-20(25)13-26-17-9-6-15(7-10-17)14-4-2-1-3-5-14/h6-12,14H,1-5,13H2,(H,23,24,25). The summed E-state index contributed by atoms with van der Waals surface area (Å²) in [5, 5.41) is 3.99. The minimum atomic E-state index is -0.225. The zero-order valence-corrected chi connectivity index (χ0v) is 16.5. The van der Waals surface area contributed by atoms with Crippen LogP contribution in [0.15, 0.2) is 42.5 Å². The molecule has 140 valence electrons. The summed E-state index contributed by atoms with van der Waals surface area (Å²) in [5.41, 5.74) is 2.19. The molecule has 2 aromatic carbocycles. The predicted molar refractivity (Wildman–Crippen MR) is 111 cm³/mol. The van der Waals surface area contributed by atoms with E-state index >= 15 is 0 Å². The Hall–Kier alpha value is -2.11. The van der Waals surface area contributed by atoms with E-state index in [0.29, 0.717) is 21.8 Å². The van der Waals surface area contributed by atoms with Crippen LogP contribution in [0.4, 0.5) is 5.13 Å². The van der Waals surface area contributed by atoms with Gasteiger partial charge in [-0.05, 0) is 54.7 Å². The smallest absolute Gasteiger partial charge is 0.264 e. The number of anilines is 1. The Morgan fingerprint density at radius 2 is 1.93 bits per heavy atom. The van der Waals surface area contributed by atoms with Gasteiger partial charge in [-0.3, -0.25) is 10.1 Å². The summed E-state index contributed by atoms with van der Waals surface area (Å²) < 4.78 is 6.56. The fourth-order valence-electron chi connectivity index (χ4n) is 3.53. The van der Waals surface area contributed by atoms with Crippen molar-refractivity contribution in [3.63, 3.8) is 0 Å². The largest absolute Gasteiger partial charge is 0.484 e. The molecule has 0 spiro atoms. The fourth-order valence-corrected chi connectivity index (χ4v) is 4.69. The second-order valence-electron chi connectivity index (χ2n) is 6.87. The first-order chi connectivity index (χ1) is 13.2. The summed E-state index contributed by atoms with van der Waals surface area (Å²) in [7, 11) is 0. The average molecular weight is 401 g/mol. The molecular weight excluding hydrogens is 380 g/mol. The van der Waals surface area contributed by atoms with Crippen LogP contribution >= 0.6 is 22.9 Å². The maximum atomic E-state index is 12.1. The molecule has 27 heavy (non-hydrogen) atoms. The monoisotopic (exact) mass is 400 g/mol. The van der Waals surface area contributed by atoms with Crippen molar-refractivity contribution < 1.29 is 9.53 Å². The highest BCUT2D eigenvalue weighted by Gasteiger charge is 2.15. The van der Waals surface area contributed by atoms with Crippen molar-refractivity contribution >= 4 is 44.2 Å². The number of benzene rings is 2. The molecule has 1 fully saturated rings. The Kier molecular flexibility index (Phi) is 5.60. The van der Waals surface area contributed by atoms with Crippen LogP contribution in [-0.4, -0.2) is 17.5 Å². The maximum Gasteiger partial charge on any atom is 0.264 e. The molecule has 1 N–H and O–H groups in total. The first kappa shape index (κ1) is 18.3. The van der Waals surface area contributed by atoms with Crippen LogP contribution in [0.2, 0.25) is 5.02 Å². The minimum absolute atomic E-state index is 0.0422. The number of nitrogens with one attached hydrogen (secondary N) is 1. The van der Waals surface area contributed by atoms with Crippen molar-refractivity contribution in [1.29, 1.82) is 0 Å². The summed E-state index contributed by atoms with van der Waals surface area (Å²) in [4.78, 5) is 16.5. The molecule has 3 aromatic rings. The number of fused-ring (bicyclic) bond motifs is 1. The van der Waals surface area contributed by atoms with E-state index in [1.54, 1.807) is 6.07 Å². The summed E-state index contributed by atoms with van der Waals surface area (Å²) in [6, 6.07) is 13.6. The molecule has 1 heterocycles. The van der Waals surface area contributed by atoms with Crippen LogP contribution in [0, 0.1) is 0 Å². The van der Waals surface area contributed by atoms with Crippen LogP contribution in [0.1, 0.15) is 43.6 Å². The van der Waals surface area contributed by atoms with Crippen LogP contribution in [0.3, 0.4) is 0 Å². The molecule has 0 radical (unpaired) electrons. The lowest BCUT2D eigenvalue weighted by atomic mass is 9.84. The molecule has 0 aliphatic heterocycles.